The number of carbonyl (C=O) groups excluding carboxylic acids is 2. The maximum atomic E-state index is 12.2. The molecule has 0 spiro atoms. The summed E-state index contributed by atoms with van der Waals surface area (Å²) < 4.78 is 0. The predicted octanol–water partition coefficient (Wildman–Crippen LogP) is 1.70. The highest BCUT2D eigenvalue weighted by Crippen LogP contribution is 2.18. The maximum Gasteiger partial charge on any atom is 0.272 e. The van der Waals surface area contributed by atoms with Gasteiger partial charge in [-0.25, -0.2) is 9.97 Å². The number of primary amides is 1. The van der Waals surface area contributed by atoms with Crippen LogP contribution in [0.15, 0.2) is 54.9 Å². The lowest BCUT2D eigenvalue weighted by molar-refractivity contribution is 0.0929. The summed E-state index contributed by atoms with van der Waals surface area (Å²) in [5.41, 5.74) is 6.18. The number of aromatic nitrogens is 2. The molecule has 0 saturated heterocycles. The molecule has 3 N–H and O–H groups in total. The first kappa shape index (κ1) is 15.6. The minimum absolute atomic E-state index is 0.0529. The van der Waals surface area contributed by atoms with Gasteiger partial charge in [0.1, 0.15) is 0 Å². The van der Waals surface area contributed by atoms with E-state index < -0.39 is 11.8 Å². The number of hydrogen-bond acceptors (Lipinski definition) is 4. The highest BCUT2D eigenvalue weighted by atomic mass is 16.2. The Hall–Kier alpha value is -3.28. The summed E-state index contributed by atoms with van der Waals surface area (Å²) in [4.78, 5) is 31.2. The third kappa shape index (κ3) is 3.22. The summed E-state index contributed by atoms with van der Waals surface area (Å²) >= 11 is 0. The van der Waals surface area contributed by atoms with E-state index in [-0.39, 0.29) is 11.4 Å². The van der Waals surface area contributed by atoms with Gasteiger partial charge in [0.15, 0.2) is 11.4 Å². The molecule has 0 fully saturated rings. The Bertz CT molecular complexity index is 903. The van der Waals surface area contributed by atoms with Gasteiger partial charge in [0, 0.05) is 18.9 Å². The number of hydrogen-bond donors (Lipinski definition) is 2. The van der Waals surface area contributed by atoms with E-state index in [1.165, 1.54) is 12.4 Å². The highest BCUT2D eigenvalue weighted by molar-refractivity contribution is 6.03. The SMILES string of the molecule is NC(=O)c1nccnc1C(=O)NCCc1cccc2ccccc12. The summed E-state index contributed by atoms with van der Waals surface area (Å²) in [6.07, 6.45) is 3.35. The smallest absolute Gasteiger partial charge is 0.272 e. The van der Waals surface area contributed by atoms with Gasteiger partial charge in [-0.15, -0.1) is 0 Å². The Morgan fingerprint density at radius 3 is 2.46 bits per heavy atom. The summed E-state index contributed by atoms with van der Waals surface area (Å²) in [7, 11) is 0. The van der Waals surface area contributed by atoms with Crippen LogP contribution in [-0.2, 0) is 6.42 Å². The Balaban J connectivity index is 1.70. The molecule has 2 amide bonds. The van der Waals surface area contributed by atoms with Crippen LogP contribution < -0.4 is 11.1 Å². The van der Waals surface area contributed by atoms with Crippen molar-refractivity contribution in [3.63, 3.8) is 0 Å². The first-order valence-electron chi connectivity index (χ1n) is 7.52. The normalized spacial score (nSPS) is 10.5. The van der Waals surface area contributed by atoms with Crippen molar-refractivity contribution < 1.29 is 9.59 Å². The van der Waals surface area contributed by atoms with E-state index in [0.29, 0.717) is 13.0 Å². The van der Waals surface area contributed by atoms with Crippen LogP contribution in [0.3, 0.4) is 0 Å². The molecule has 6 nitrogen and oxygen atoms in total. The van der Waals surface area contributed by atoms with Gasteiger partial charge in [0.05, 0.1) is 0 Å². The Kier molecular flexibility index (Phi) is 4.47. The van der Waals surface area contributed by atoms with Crippen molar-refractivity contribution in [3.8, 4) is 0 Å². The molecule has 0 atom stereocenters. The topological polar surface area (TPSA) is 98.0 Å². The van der Waals surface area contributed by atoms with Gasteiger partial charge in [-0.3, -0.25) is 9.59 Å². The number of fused-ring (bicyclic) bond motifs is 1. The first-order valence-corrected chi connectivity index (χ1v) is 7.52. The largest absolute Gasteiger partial charge is 0.364 e. The molecule has 120 valence electrons. The number of nitrogens with zero attached hydrogens (tertiary/aromatic N) is 2. The zero-order valence-corrected chi connectivity index (χ0v) is 12.9. The number of nitrogens with two attached hydrogens (primary N) is 1. The third-order valence-corrected chi connectivity index (χ3v) is 3.71. The standard InChI is InChI=1S/C18H16N4O2/c19-17(23)15-16(21-11-10-20-15)18(24)22-9-8-13-6-3-5-12-4-1-2-7-14(12)13/h1-7,10-11H,8-9H2,(H2,19,23)(H,22,24). The number of amides is 2. The van der Waals surface area contributed by atoms with Gasteiger partial charge in [-0.05, 0) is 22.8 Å². The zero-order chi connectivity index (χ0) is 16.9. The van der Waals surface area contributed by atoms with E-state index >= 15 is 0 Å². The van der Waals surface area contributed by atoms with Crippen molar-refractivity contribution in [2.75, 3.05) is 6.54 Å². The minimum atomic E-state index is -0.776. The second kappa shape index (κ2) is 6.87. The van der Waals surface area contributed by atoms with Crippen molar-refractivity contribution in [2.45, 2.75) is 6.42 Å². The lowest BCUT2D eigenvalue weighted by Crippen LogP contribution is -2.30. The molecule has 2 aromatic carbocycles. The lowest BCUT2D eigenvalue weighted by atomic mass is 10.0. The number of nitrogens with one attached hydrogen (secondary N) is 1. The molecule has 0 bridgehead atoms. The van der Waals surface area contributed by atoms with E-state index in [9.17, 15) is 9.59 Å². The van der Waals surface area contributed by atoms with Crippen LogP contribution in [0.25, 0.3) is 10.8 Å². The van der Waals surface area contributed by atoms with Gasteiger partial charge in [0.25, 0.3) is 11.8 Å². The molecule has 0 aliphatic rings. The third-order valence-electron chi connectivity index (χ3n) is 3.71. The maximum absolute atomic E-state index is 12.2. The average Bonchev–Trinajstić information content (AvgIpc) is 2.61. The number of benzene rings is 2. The van der Waals surface area contributed by atoms with E-state index in [1.54, 1.807) is 0 Å². The second-order valence-electron chi connectivity index (χ2n) is 5.26. The Labute approximate surface area is 138 Å². The van der Waals surface area contributed by atoms with Crippen molar-refractivity contribution in [1.82, 2.24) is 15.3 Å². The molecule has 0 radical (unpaired) electrons. The quantitative estimate of drug-likeness (QED) is 0.747. The molecular weight excluding hydrogens is 304 g/mol. The van der Waals surface area contributed by atoms with E-state index in [2.05, 4.69) is 33.5 Å². The van der Waals surface area contributed by atoms with Crippen LogP contribution in [0.4, 0.5) is 0 Å². The second-order valence-corrected chi connectivity index (χ2v) is 5.26. The lowest BCUT2D eigenvalue weighted by Gasteiger charge is -2.09. The molecule has 24 heavy (non-hydrogen) atoms. The monoisotopic (exact) mass is 320 g/mol. The van der Waals surface area contributed by atoms with Crippen molar-refractivity contribution in [1.29, 1.82) is 0 Å². The summed E-state index contributed by atoms with van der Waals surface area (Å²) in [5.74, 6) is -1.24. The van der Waals surface area contributed by atoms with Gasteiger partial charge >= 0.3 is 0 Å². The van der Waals surface area contributed by atoms with Crippen molar-refractivity contribution in [2.24, 2.45) is 5.73 Å². The average molecular weight is 320 g/mol. The van der Waals surface area contributed by atoms with Crippen LogP contribution in [-0.4, -0.2) is 28.3 Å². The Morgan fingerprint density at radius 2 is 1.67 bits per heavy atom. The molecule has 0 saturated carbocycles. The fraction of sp³-hybridized carbons (Fsp3) is 0.111. The molecule has 1 aromatic heterocycles. The van der Waals surface area contributed by atoms with Gasteiger partial charge < -0.3 is 11.1 Å². The zero-order valence-electron chi connectivity index (χ0n) is 12.9. The highest BCUT2D eigenvalue weighted by Gasteiger charge is 2.17. The predicted molar refractivity (Wildman–Crippen MR) is 90.5 cm³/mol. The molecule has 6 heteroatoms. The van der Waals surface area contributed by atoms with Crippen LogP contribution in [0.5, 0.6) is 0 Å². The van der Waals surface area contributed by atoms with Crippen molar-refractivity contribution >= 4 is 22.6 Å². The van der Waals surface area contributed by atoms with E-state index in [0.717, 1.165) is 16.3 Å². The molecule has 3 rings (SSSR count). The fourth-order valence-electron chi connectivity index (χ4n) is 2.59. The minimum Gasteiger partial charge on any atom is -0.364 e. The number of carbonyl (C=O) groups is 2. The van der Waals surface area contributed by atoms with Gasteiger partial charge in [-0.1, -0.05) is 42.5 Å². The van der Waals surface area contributed by atoms with Crippen molar-refractivity contribution in [3.05, 3.63) is 71.8 Å². The van der Waals surface area contributed by atoms with Gasteiger partial charge in [-0.2, -0.15) is 0 Å². The van der Waals surface area contributed by atoms with E-state index in [4.69, 9.17) is 5.73 Å². The van der Waals surface area contributed by atoms with Gasteiger partial charge in [0.2, 0.25) is 0 Å². The fourth-order valence-corrected chi connectivity index (χ4v) is 2.59. The van der Waals surface area contributed by atoms with Crippen LogP contribution in [0, 0.1) is 0 Å². The molecule has 3 aromatic rings. The van der Waals surface area contributed by atoms with Crippen LogP contribution in [0.2, 0.25) is 0 Å². The van der Waals surface area contributed by atoms with E-state index in [1.807, 2.05) is 24.3 Å². The molecule has 0 unspecified atom stereocenters. The molecule has 1 heterocycles. The number of rotatable bonds is 5. The summed E-state index contributed by atoms with van der Waals surface area (Å²) in [6.45, 7) is 0.418. The van der Waals surface area contributed by atoms with Crippen LogP contribution in [0.1, 0.15) is 26.5 Å². The Morgan fingerprint density at radius 1 is 0.958 bits per heavy atom. The molecule has 0 aliphatic carbocycles. The summed E-state index contributed by atoms with van der Waals surface area (Å²) in [5, 5.41) is 5.08. The first-order chi connectivity index (χ1) is 11.7. The summed E-state index contributed by atoms with van der Waals surface area (Å²) in [6, 6.07) is 14.2. The van der Waals surface area contributed by atoms with Crippen LogP contribution >= 0.6 is 0 Å². The molecular formula is C18H16N4O2. The molecule has 0 aliphatic heterocycles.